The van der Waals surface area contributed by atoms with E-state index in [2.05, 4.69) is 69.4 Å². The van der Waals surface area contributed by atoms with Gasteiger partial charge in [0, 0.05) is 42.5 Å². The molecular formula is C23H22N4. The number of fused-ring (bicyclic) bond motifs is 2. The summed E-state index contributed by atoms with van der Waals surface area (Å²) in [6.07, 6.45) is 5.64. The van der Waals surface area contributed by atoms with Crippen LogP contribution in [0.3, 0.4) is 0 Å². The van der Waals surface area contributed by atoms with Gasteiger partial charge in [-0.05, 0) is 54.2 Å². The van der Waals surface area contributed by atoms with Gasteiger partial charge in [0.2, 0.25) is 0 Å². The average molecular weight is 354 g/mol. The molecule has 1 aliphatic rings. The van der Waals surface area contributed by atoms with E-state index >= 15 is 0 Å². The summed E-state index contributed by atoms with van der Waals surface area (Å²) in [6.45, 7) is 3.97. The number of nitrogens with one attached hydrogen (secondary N) is 1. The van der Waals surface area contributed by atoms with E-state index < -0.39 is 0 Å². The van der Waals surface area contributed by atoms with E-state index in [4.69, 9.17) is 0 Å². The van der Waals surface area contributed by atoms with Crippen LogP contribution in [0.2, 0.25) is 0 Å². The summed E-state index contributed by atoms with van der Waals surface area (Å²) < 4.78 is 0. The van der Waals surface area contributed by atoms with Crippen molar-refractivity contribution in [3.05, 3.63) is 83.4 Å². The minimum Gasteiger partial charge on any atom is -0.361 e. The molecule has 2 aromatic carbocycles. The lowest BCUT2D eigenvalue weighted by molar-refractivity contribution is 0.295. The van der Waals surface area contributed by atoms with Crippen molar-refractivity contribution in [2.45, 2.75) is 19.4 Å². The van der Waals surface area contributed by atoms with Crippen LogP contribution in [0.15, 0.2) is 61.1 Å². The van der Waals surface area contributed by atoms with E-state index in [0.29, 0.717) is 5.92 Å². The van der Waals surface area contributed by atoms with E-state index in [9.17, 15) is 0 Å². The third kappa shape index (κ3) is 2.92. The van der Waals surface area contributed by atoms with Crippen molar-refractivity contribution >= 4 is 10.9 Å². The minimum atomic E-state index is 0.379. The number of benzene rings is 2. The Kier molecular flexibility index (Phi) is 3.80. The first-order valence-corrected chi connectivity index (χ1v) is 9.35. The Labute approximate surface area is 158 Å². The topological polar surface area (TPSA) is 44.8 Å². The highest BCUT2D eigenvalue weighted by Crippen LogP contribution is 2.36. The molecular weight excluding hydrogens is 332 g/mol. The standard InChI is InChI=1S/C23H22N4/c1-15-11-24-12-23(26-15)18-5-6-20-19(9-18)13-27(2)14-21(20)17-4-3-16-7-8-25-22(16)10-17/h3-12,21,25H,13-14H2,1-2H3. The molecule has 0 bridgehead atoms. The molecule has 134 valence electrons. The molecule has 27 heavy (non-hydrogen) atoms. The second kappa shape index (κ2) is 6.32. The van der Waals surface area contributed by atoms with Crippen LogP contribution in [-0.2, 0) is 6.54 Å². The molecule has 4 nitrogen and oxygen atoms in total. The van der Waals surface area contributed by atoms with Gasteiger partial charge in [-0.3, -0.25) is 4.98 Å². The third-order valence-corrected chi connectivity index (χ3v) is 5.49. The lowest BCUT2D eigenvalue weighted by Gasteiger charge is -2.33. The number of aryl methyl sites for hydroxylation is 1. The Morgan fingerprint density at radius 1 is 1.07 bits per heavy atom. The van der Waals surface area contributed by atoms with Crippen molar-refractivity contribution < 1.29 is 0 Å². The summed E-state index contributed by atoms with van der Waals surface area (Å²) in [5.41, 5.74) is 8.38. The second-order valence-corrected chi connectivity index (χ2v) is 7.53. The fourth-order valence-corrected chi connectivity index (χ4v) is 4.18. The van der Waals surface area contributed by atoms with Gasteiger partial charge < -0.3 is 9.88 Å². The van der Waals surface area contributed by atoms with Gasteiger partial charge in [0.1, 0.15) is 0 Å². The summed E-state index contributed by atoms with van der Waals surface area (Å²) in [7, 11) is 2.20. The predicted molar refractivity (Wildman–Crippen MR) is 109 cm³/mol. The van der Waals surface area contributed by atoms with Crippen LogP contribution in [0.4, 0.5) is 0 Å². The zero-order chi connectivity index (χ0) is 18.4. The van der Waals surface area contributed by atoms with Gasteiger partial charge in [-0.1, -0.05) is 24.3 Å². The number of hydrogen-bond donors (Lipinski definition) is 1. The van der Waals surface area contributed by atoms with Crippen LogP contribution in [-0.4, -0.2) is 33.4 Å². The smallest absolute Gasteiger partial charge is 0.0888 e. The van der Waals surface area contributed by atoms with Crippen molar-refractivity contribution in [2.24, 2.45) is 0 Å². The van der Waals surface area contributed by atoms with E-state index in [1.54, 1.807) is 6.20 Å². The lowest BCUT2D eigenvalue weighted by Crippen LogP contribution is -2.31. The highest BCUT2D eigenvalue weighted by Gasteiger charge is 2.25. The highest BCUT2D eigenvalue weighted by atomic mass is 15.1. The van der Waals surface area contributed by atoms with Gasteiger partial charge in [-0.15, -0.1) is 0 Å². The maximum Gasteiger partial charge on any atom is 0.0888 e. The van der Waals surface area contributed by atoms with Crippen molar-refractivity contribution in [1.82, 2.24) is 19.9 Å². The average Bonchev–Trinajstić information content (AvgIpc) is 3.14. The molecule has 1 aliphatic heterocycles. The van der Waals surface area contributed by atoms with Crippen LogP contribution in [0.1, 0.15) is 28.3 Å². The SMILES string of the molecule is Cc1cncc(-c2ccc3c(c2)CN(C)CC3c2ccc3cc[nH]c3c2)n1. The number of rotatable bonds is 2. The Balaban J connectivity index is 1.58. The molecule has 4 aromatic rings. The van der Waals surface area contributed by atoms with E-state index in [1.165, 1.54) is 27.6 Å². The first-order chi connectivity index (χ1) is 13.2. The van der Waals surface area contributed by atoms with Crippen molar-refractivity contribution in [3.63, 3.8) is 0 Å². The van der Waals surface area contributed by atoms with Crippen molar-refractivity contribution in [1.29, 1.82) is 0 Å². The lowest BCUT2D eigenvalue weighted by atomic mass is 9.83. The molecule has 1 atom stereocenters. The van der Waals surface area contributed by atoms with E-state index in [1.807, 2.05) is 19.3 Å². The molecule has 0 amide bonds. The first kappa shape index (κ1) is 16.2. The van der Waals surface area contributed by atoms with Crippen LogP contribution in [0.25, 0.3) is 22.2 Å². The van der Waals surface area contributed by atoms with Crippen LogP contribution >= 0.6 is 0 Å². The molecule has 2 aromatic heterocycles. The minimum absolute atomic E-state index is 0.379. The summed E-state index contributed by atoms with van der Waals surface area (Å²) in [5, 5.41) is 1.26. The number of nitrogens with zero attached hydrogens (tertiary/aromatic N) is 3. The quantitative estimate of drug-likeness (QED) is 0.576. The Morgan fingerprint density at radius 2 is 2.00 bits per heavy atom. The van der Waals surface area contributed by atoms with Crippen LogP contribution in [0.5, 0.6) is 0 Å². The normalized spacial score (nSPS) is 17.2. The first-order valence-electron chi connectivity index (χ1n) is 9.35. The molecule has 1 unspecified atom stereocenters. The molecule has 0 aliphatic carbocycles. The van der Waals surface area contributed by atoms with Crippen molar-refractivity contribution in [3.8, 4) is 11.3 Å². The fraction of sp³-hybridized carbons (Fsp3) is 0.217. The number of likely N-dealkylation sites (N-methyl/N-ethyl adjacent to an activating group) is 1. The molecule has 0 spiro atoms. The molecule has 0 radical (unpaired) electrons. The summed E-state index contributed by atoms with van der Waals surface area (Å²) in [6, 6.07) is 15.7. The zero-order valence-electron chi connectivity index (χ0n) is 15.6. The molecule has 0 saturated heterocycles. The van der Waals surface area contributed by atoms with E-state index in [0.717, 1.165) is 30.0 Å². The Morgan fingerprint density at radius 3 is 2.89 bits per heavy atom. The van der Waals surface area contributed by atoms with Crippen LogP contribution < -0.4 is 0 Å². The molecule has 0 saturated carbocycles. The van der Waals surface area contributed by atoms with Crippen LogP contribution in [0, 0.1) is 6.92 Å². The Bertz CT molecular complexity index is 1130. The Hall–Kier alpha value is -2.98. The van der Waals surface area contributed by atoms with Gasteiger partial charge in [-0.25, -0.2) is 4.98 Å². The second-order valence-electron chi connectivity index (χ2n) is 7.53. The molecule has 1 N–H and O–H groups in total. The monoisotopic (exact) mass is 354 g/mol. The van der Waals surface area contributed by atoms with E-state index in [-0.39, 0.29) is 0 Å². The van der Waals surface area contributed by atoms with Gasteiger partial charge in [0.05, 0.1) is 17.6 Å². The number of hydrogen-bond acceptors (Lipinski definition) is 3. The molecule has 4 heteroatoms. The maximum atomic E-state index is 4.64. The summed E-state index contributed by atoms with van der Waals surface area (Å²) in [4.78, 5) is 14.7. The summed E-state index contributed by atoms with van der Waals surface area (Å²) >= 11 is 0. The predicted octanol–water partition coefficient (Wildman–Crippen LogP) is 4.51. The zero-order valence-corrected chi connectivity index (χ0v) is 15.6. The number of H-pyrrole nitrogens is 1. The van der Waals surface area contributed by atoms with Crippen molar-refractivity contribution in [2.75, 3.05) is 13.6 Å². The number of aromatic nitrogens is 3. The highest BCUT2D eigenvalue weighted by molar-refractivity contribution is 5.80. The van der Waals surface area contributed by atoms with Gasteiger partial charge >= 0.3 is 0 Å². The fourth-order valence-electron chi connectivity index (χ4n) is 4.18. The largest absolute Gasteiger partial charge is 0.361 e. The maximum absolute atomic E-state index is 4.64. The summed E-state index contributed by atoms with van der Waals surface area (Å²) in [5.74, 6) is 0.379. The third-order valence-electron chi connectivity index (χ3n) is 5.49. The van der Waals surface area contributed by atoms with Gasteiger partial charge in [0.25, 0.3) is 0 Å². The van der Waals surface area contributed by atoms with Gasteiger partial charge in [0.15, 0.2) is 0 Å². The molecule has 0 fully saturated rings. The van der Waals surface area contributed by atoms with Gasteiger partial charge in [-0.2, -0.15) is 0 Å². The molecule has 3 heterocycles. The number of aromatic amines is 1. The molecule has 5 rings (SSSR count).